The quantitative estimate of drug-likeness (QED) is 0.0929. The van der Waals surface area contributed by atoms with Gasteiger partial charge in [0, 0.05) is 42.4 Å². The number of ketones is 1. The number of halogens is 1. The van der Waals surface area contributed by atoms with Gasteiger partial charge in [-0.1, -0.05) is 67.5 Å². The summed E-state index contributed by atoms with van der Waals surface area (Å²) in [6.07, 6.45) is 4.55. The van der Waals surface area contributed by atoms with E-state index < -0.39 is 0 Å². The van der Waals surface area contributed by atoms with E-state index in [1.165, 1.54) is 6.08 Å². The fourth-order valence-electron chi connectivity index (χ4n) is 4.47. The maximum absolute atomic E-state index is 14.5. The van der Waals surface area contributed by atoms with E-state index in [1.54, 1.807) is 13.3 Å². The molecule has 3 aromatic carbocycles. The Morgan fingerprint density at radius 1 is 0.976 bits per heavy atom. The number of benzene rings is 3. The van der Waals surface area contributed by atoms with E-state index >= 15 is 0 Å². The van der Waals surface area contributed by atoms with Crippen LogP contribution in [0.2, 0.25) is 0 Å². The van der Waals surface area contributed by atoms with E-state index in [1.807, 2.05) is 73.6 Å². The molecule has 0 amide bonds. The van der Waals surface area contributed by atoms with Crippen LogP contribution >= 0.6 is 0 Å². The van der Waals surface area contributed by atoms with Crippen molar-refractivity contribution in [2.75, 3.05) is 0 Å². The molecule has 0 atom stereocenters. The van der Waals surface area contributed by atoms with E-state index in [0.717, 1.165) is 56.9 Å². The summed E-state index contributed by atoms with van der Waals surface area (Å²) >= 11 is 0. The minimum Gasteiger partial charge on any atom is -0.512 e. The van der Waals surface area contributed by atoms with Gasteiger partial charge in [0.05, 0.1) is 5.52 Å². The molecule has 41 heavy (non-hydrogen) atoms. The van der Waals surface area contributed by atoms with Crippen molar-refractivity contribution in [3.05, 3.63) is 82.6 Å². The average Bonchev–Trinajstić information content (AvgIpc) is 2.90. The number of allylic oxidation sites excluding steroid dienone is 2. The zero-order valence-electron chi connectivity index (χ0n) is 25.9. The van der Waals surface area contributed by atoms with Crippen LogP contribution in [0.5, 0.6) is 0 Å². The SMILES string of the molecule is CCC(C)(C)C(=O)/C=C(\O)C(C)(C)CC.Cc1[c-]c(-c2ncnc3c2ccc2cc(C)c(F)c(C)c23)cc(C)c1.[Ir]. The Hall–Kier alpha value is -2.95. The van der Waals surface area contributed by atoms with Gasteiger partial charge in [-0.05, 0) is 60.3 Å². The molecule has 1 heterocycles. The van der Waals surface area contributed by atoms with Crippen LogP contribution in [-0.2, 0) is 24.9 Å². The predicted octanol–water partition coefficient (Wildman–Crippen LogP) is 9.49. The van der Waals surface area contributed by atoms with Gasteiger partial charge in [0.1, 0.15) is 17.9 Å². The Kier molecular flexibility index (Phi) is 11.2. The average molecular weight is 734 g/mol. The second-order valence-corrected chi connectivity index (χ2v) is 12.0. The van der Waals surface area contributed by atoms with Gasteiger partial charge in [0.2, 0.25) is 0 Å². The Bertz CT molecular complexity index is 1590. The van der Waals surface area contributed by atoms with E-state index in [0.29, 0.717) is 11.1 Å². The fourth-order valence-corrected chi connectivity index (χ4v) is 4.47. The van der Waals surface area contributed by atoms with Gasteiger partial charge in [-0.15, -0.1) is 34.9 Å². The first kappa shape index (κ1) is 34.3. The molecule has 0 aliphatic rings. The third-order valence-corrected chi connectivity index (χ3v) is 8.06. The number of aromatic nitrogens is 2. The molecule has 4 aromatic rings. The summed E-state index contributed by atoms with van der Waals surface area (Å²) in [5.74, 6) is 0.0266. The first-order valence-corrected chi connectivity index (χ1v) is 13.9. The molecule has 4 nitrogen and oxygen atoms in total. The number of carbonyl (C=O) groups excluding carboxylic acids is 1. The molecular formula is C35H42FIrN2O2-. The molecule has 0 saturated carbocycles. The smallest absolute Gasteiger partial charge is 0.164 e. The molecule has 1 aromatic heterocycles. The van der Waals surface area contributed by atoms with E-state index in [9.17, 15) is 14.3 Å². The molecule has 0 aliphatic heterocycles. The first-order valence-electron chi connectivity index (χ1n) is 13.9. The van der Waals surface area contributed by atoms with Crippen molar-refractivity contribution < 1.29 is 34.4 Å². The maximum Gasteiger partial charge on any atom is 0.164 e. The van der Waals surface area contributed by atoms with Crippen molar-refractivity contribution in [2.24, 2.45) is 10.8 Å². The van der Waals surface area contributed by atoms with Gasteiger partial charge >= 0.3 is 0 Å². The standard InChI is InChI=1S/C22H18FN2.C13H24O2.Ir/c1-12-7-13(2)9-17(8-12)21-18-6-5-16-10-14(3)20(23)15(4)19(16)22(18)25-11-24-21;1-7-12(3,4)10(14)9-11(15)13(5,6)8-2;/h5-8,10-11H,1-4H3;9,14H,7-8H2,1-6H3;/q-1;;/b;10-9-;. The summed E-state index contributed by atoms with van der Waals surface area (Å²) in [6, 6.07) is 13.5. The molecule has 0 saturated heterocycles. The number of aliphatic hydroxyl groups is 1. The van der Waals surface area contributed by atoms with E-state index in [2.05, 4.69) is 35.1 Å². The van der Waals surface area contributed by atoms with Gasteiger partial charge in [0.15, 0.2) is 5.78 Å². The third kappa shape index (κ3) is 7.47. The molecule has 221 valence electrons. The van der Waals surface area contributed by atoms with Gasteiger partial charge in [-0.2, -0.15) is 0 Å². The molecule has 4 rings (SSSR count). The molecule has 0 unspecified atom stereocenters. The first-order chi connectivity index (χ1) is 18.6. The van der Waals surface area contributed by atoms with Crippen LogP contribution in [0.4, 0.5) is 4.39 Å². The number of carbonyl (C=O) groups is 1. The van der Waals surface area contributed by atoms with Crippen LogP contribution < -0.4 is 0 Å². The summed E-state index contributed by atoms with van der Waals surface area (Å²) in [6.45, 7) is 19.3. The second kappa shape index (κ2) is 13.4. The maximum atomic E-state index is 14.5. The number of aryl methyl sites for hydroxylation is 4. The Labute approximate surface area is 257 Å². The minimum atomic E-state index is -0.377. The fraction of sp³-hybridized carbons (Fsp3) is 0.400. The summed E-state index contributed by atoms with van der Waals surface area (Å²) in [7, 11) is 0. The zero-order valence-corrected chi connectivity index (χ0v) is 28.3. The Balaban J connectivity index is 0.000000320. The molecular weight excluding hydrogens is 692 g/mol. The van der Waals surface area contributed by atoms with Crippen molar-refractivity contribution in [3.8, 4) is 11.3 Å². The molecule has 0 aliphatic carbocycles. The number of rotatable bonds is 6. The summed E-state index contributed by atoms with van der Waals surface area (Å²) < 4.78 is 14.5. The van der Waals surface area contributed by atoms with Crippen molar-refractivity contribution in [2.45, 2.75) is 82.1 Å². The number of hydrogen-bond donors (Lipinski definition) is 1. The van der Waals surface area contributed by atoms with Gasteiger partial charge < -0.3 is 5.11 Å². The molecule has 6 heteroatoms. The molecule has 0 spiro atoms. The number of nitrogens with zero attached hydrogens (tertiary/aromatic N) is 2. The van der Waals surface area contributed by atoms with E-state index in [-0.39, 0.29) is 48.3 Å². The van der Waals surface area contributed by atoms with Crippen LogP contribution in [0.1, 0.15) is 76.6 Å². The van der Waals surface area contributed by atoms with Crippen molar-refractivity contribution in [1.29, 1.82) is 0 Å². The third-order valence-electron chi connectivity index (χ3n) is 8.06. The number of fused-ring (bicyclic) bond motifs is 3. The van der Waals surface area contributed by atoms with Gasteiger partial charge in [0.25, 0.3) is 0 Å². The van der Waals surface area contributed by atoms with Crippen LogP contribution in [0, 0.1) is 50.4 Å². The normalized spacial score (nSPS) is 12.1. The summed E-state index contributed by atoms with van der Waals surface area (Å²) in [5, 5.41) is 12.6. The Morgan fingerprint density at radius 2 is 1.61 bits per heavy atom. The van der Waals surface area contributed by atoms with E-state index in [4.69, 9.17) is 0 Å². The molecule has 1 N–H and O–H groups in total. The van der Waals surface area contributed by atoms with Crippen LogP contribution in [0.3, 0.4) is 0 Å². The summed E-state index contributed by atoms with van der Waals surface area (Å²) in [4.78, 5) is 20.8. The zero-order chi connectivity index (χ0) is 30.0. The number of hydrogen-bond acceptors (Lipinski definition) is 4. The van der Waals surface area contributed by atoms with Crippen LogP contribution in [0.15, 0.2) is 48.5 Å². The molecule has 0 fully saturated rings. The van der Waals surface area contributed by atoms with Crippen molar-refractivity contribution in [3.63, 3.8) is 0 Å². The predicted molar refractivity (Wildman–Crippen MR) is 164 cm³/mol. The van der Waals surface area contributed by atoms with Crippen LogP contribution in [-0.4, -0.2) is 20.9 Å². The van der Waals surface area contributed by atoms with Crippen molar-refractivity contribution in [1.82, 2.24) is 9.97 Å². The minimum absolute atomic E-state index is 0. The summed E-state index contributed by atoms with van der Waals surface area (Å²) in [5.41, 5.74) is 5.39. The van der Waals surface area contributed by atoms with Gasteiger partial charge in [-0.25, -0.2) is 9.37 Å². The second-order valence-electron chi connectivity index (χ2n) is 12.0. The molecule has 1 radical (unpaired) electrons. The van der Waals surface area contributed by atoms with Crippen LogP contribution in [0.25, 0.3) is 32.9 Å². The largest absolute Gasteiger partial charge is 0.512 e. The molecule has 0 bridgehead atoms. The van der Waals surface area contributed by atoms with Crippen molar-refractivity contribution >= 4 is 27.5 Å². The number of aliphatic hydroxyl groups excluding tert-OH is 1. The monoisotopic (exact) mass is 734 g/mol. The Morgan fingerprint density at radius 3 is 2.20 bits per heavy atom. The topological polar surface area (TPSA) is 63.1 Å². The van der Waals surface area contributed by atoms with Gasteiger partial charge in [-0.3, -0.25) is 9.78 Å².